The molecule has 1 atom stereocenters. The number of hydrogen-bond acceptors (Lipinski definition) is 4. The summed E-state index contributed by atoms with van der Waals surface area (Å²) < 4.78 is 5.57. The number of likely N-dealkylation sites (tertiary alicyclic amines) is 1. The van der Waals surface area contributed by atoms with E-state index in [1.807, 2.05) is 13.1 Å². The van der Waals surface area contributed by atoms with Gasteiger partial charge in [0.15, 0.2) is 0 Å². The molecule has 1 aliphatic heterocycles. The summed E-state index contributed by atoms with van der Waals surface area (Å²) in [5.74, 6) is 0.746. The Balaban J connectivity index is 2.16. The zero-order valence-corrected chi connectivity index (χ0v) is 11.2. The monoisotopic (exact) mass is 250 g/mol. The minimum Gasteiger partial charge on any atom is -0.492 e. The topological polar surface area (TPSA) is 45.6 Å². The molecule has 1 N–H and O–H groups in total. The second kappa shape index (κ2) is 5.67. The minimum atomic E-state index is -0.786. The normalized spacial score (nSPS) is 25.1. The smallest absolute Gasteiger partial charge is 0.137 e. The van der Waals surface area contributed by atoms with Crippen LogP contribution in [0.4, 0.5) is 0 Å². The van der Waals surface area contributed by atoms with Gasteiger partial charge in [0.05, 0.1) is 12.8 Å². The first-order valence-corrected chi connectivity index (χ1v) is 6.63. The van der Waals surface area contributed by atoms with Crippen molar-refractivity contribution in [3.05, 3.63) is 24.0 Å². The van der Waals surface area contributed by atoms with Crippen molar-refractivity contribution in [3.8, 4) is 5.75 Å². The standard InChI is InChI=1S/C14H22N2O2/c1-3-7-18-13-8-12(9-15-10-13)14(17)5-4-6-16(2)11-14/h8-10,17H,3-7,11H2,1-2H3. The van der Waals surface area contributed by atoms with Crippen LogP contribution in [0.15, 0.2) is 18.5 Å². The summed E-state index contributed by atoms with van der Waals surface area (Å²) in [5.41, 5.74) is 0.0774. The summed E-state index contributed by atoms with van der Waals surface area (Å²) in [6, 6.07) is 1.92. The molecule has 2 heterocycles. The number of nitrogens with zero attached hydrogens (tertiary/aromatic N) is 2. The minimum absolute atomic E-state index is 0.659. The molecule has 18 heavy (non-hydrogen) atoms. The molecular formula is C14H22N2O2. The molecule has 2 rings (SSSR count). The third-order valence-corrected chi connectivity index (χ3v) is 3.39. The molecule has 1 aromatic rings. The van der Waals surface area contributed by atoms with Gasteiger partial charge in [-0.3, -0.25) is 4.98 Å². The molecule has 0 amide bonds. The van der Waals surface area contributed by atoms with Crippen LogP contribution in [0.2, 0.25) is 0 Å². The summed E-state index contributed by atoms with van der Waals surface area (Å²) in [4.78, 5) is 6.34. The summed E-state index contributed by atoms with van der Waals surface area (Å²) in [6.45, 7) is 4.46. The Morgan fingerprint density at radius 1 is 1.50 bits per heavy atom. The van der Waals surface area contributed by atoms with Crippen molar-refractivity contribution in [1.29, 1.82) is 0 Å². The van der Waals surface area contributed by atoms with Crippen molar-refractivity contribution in [1.82, 2.24) is 9.88 Å². The molecule has 0 spiro atoms. The van der Waals surface area contributed by atoms with Crippen LogP contribution in [0.1, 0.15) is 31.7 Å². The molecule has 4 heteroatoms. The van der Waals surface area contributed by atoms with Gasteiger partial charge in [-0.1, -0.05) is 6.92 Å². The molecular weight excluding hydrogens is 228 g/mol. The number of aliphatic hydroxyl groups is 1. The number of pyridine rings is 1. The van der Waals surface area contributed by atoms with E-state index in [4.69, 9.17) is 4.74 Å². The van der Waals surface area contributed by atoms with Crippen LogP contribution in [0.25, 0.3) is 0 Å². The van der Waals surface area contributed by atoms with E-state index in [0.29, 0.717) is 13.2 Å². The number of ether oxygens (including phenoxy) is 1. The maximum absolute atomic E-state index is 10.7. The molecule has 1 fully saturated rings. The Bertz CT molecular complexity index is 397. The van der Waals surface area contributed by atoms with Gasteiger partial charge in [0.1, 0.15) is 11.4 Å². The fourth-order valence-electron chi connectivity index (χ4n) is 2.45. The lowest BCUT2D eigenvalue weighted by molar-refractivity contribution is -0.0282. The number of likely N-dealkylation sites (N-methyl/N-ethyl adjacent to an activating group) is 1. The van der Waals surface area contributed by atoms with Gasteiger partial charge in [-0.15, -0.1) is 0 Å². The highest BCUT2D eigenvalue weighted by molar-refractivity contribution is 5.29. The van der Waals surface area contributed by atoms with Gasteiger partial charge >= 0.3 is 0 Å². The van der Waals surface area contributed by atoms with Crippen molar-refractivity contribution < 1.29 is 9.84 Å². The molecule has 1 aliphatic rings. The second-order valence-electron chi connectivity index (χ2n) is 5.13. The Labute approximate surface area is 109 Å². The molecule has 1 unspecified atom stereocenters. The van der Waals surface area contributed by atoms with E-state index >= 15 is 0 Å². The van der Waals surface area contributed by atoms with E-state index in [1.165, 1.54) is 0 Å². The van der Waals surface area contributed by atoms with Crippen LogP contribution >= 0.6 is 0 Å². The van der Waals surface area contributed by atoms with E-state index in [0.717, 1.165) is 37.1 Å². The Morgan fingerprint density at radius 3 is 3.06 bits per heavy atom. The number of rotatable bonds is 4. The first kappa shape index (κ1) is 13.3. The molecule has 4 nitrogen and oxygen atoms in total. The van der Waals surface area contributed by atoms with E-state index in [-0.39, 0.29) is 0 Å². The number of aromatic nitrogens is 1. The maximum atomic E-state index is 10.7. The van der Waals surface area contributed by atoms with E-state index in [1.54, 1.807) is 12.4 Å². The molecule has 0 saturated carbocycles. The van der Waals surface area contributed by atoms with Crippen LogP contribution in [0, 0.1) is 0 Å². The number of β-amino-alcohol motifs (C(OH)–C–C–N with tert-alkyl or cyclic N) is 1. The summed E-state index contributed by atoms with van der Waals surface area (Å²) in [5, 5.41) is 10.7. The van der Waals surface area contributed by atoms with Gasteiger partial charge in [-0.2, -0.15) is 0 Å². The van der Waals surface area contributed by atoms with Gasteiger partial charge < -0.3 is 14.7 Å². The first-order valence-electron chi connectivity index (χ1n) is 6.63. The van der Waals surface area contributed by atoms with Gasteiger partial charge in [-0.25, -0.2) is 0 Å². The average Bonchev–Trinajstić information content (AvgIpc) is 2.36. The van der Waals surface area contributed by atoms with Crippen molar-refractivity contribution in [2.75, 3.05) is 26.7 Å². The molecule has 0 aromatic carbocycles. The van der Waals surface area contributed by atoms with Gasteiger partial charge in [0, 0.05) is 18.3 Å². The Morgan fingerprint density at radius 2 is 2.33 bits per heavy atom. The van der Waals surface area contributed by atoms with Crippen molar-refractivity contribution in [3.63, 3.8) is 0 Å². The number of piperidine rings is 1. The first-order chi connectivity index (χ1) is 8.64. The lowest BCUT2D eigenvalue weighted by Crippen LogP contribution is -2.44. The molecule has 100 valence electrons. The third-order valence-electron chi connectivity index (χ3n) is 3.39. The van der Waals surface area contributed by atoms with Crippen molar-refractivity contribution >= 4 is 0 Å². The molecule has 0 bridgehead atoms. The zero-order valence-electron chi connectivity index (χ0n) is 11.2. The van der Waals surface area contributed by atoms with Crippen molar-refractivity contribution in [2.45, 2.75) is 31.8 Å². The largest absolute Gasteiger partial charge is 0.492 e. The predicted molar refractivity (Wildman–Crippen MR) is 70.7 cm³/mol. The lowest BCUT2D eigenvalue weighted by atomic mass is 9.87. The van der Waals surface area contributed by atoms with Crippen LogP contribution in [-0.2, 0) is 5.60 Å². The fourth-order valence-corrected chi connectivity index (χ4v) is 2.45. The van der Waals surface area contributed by atoms with Crippen LogP contribution < -0.4 is 4.74 Å². The lowest BCUT2D eigenvalue weighted by Gasteiger charge is -2.37. The van der Waals surface area contributed by atoms with Gasteiger partial charge in [0.2, 0.25) is 0 Å². The van der Waals surface area contributed by atoms with Gasteiger partial charge in [-0.05, 0) is 38.9 Å². The summed E-state index contributed by atoms with van der Waals surface area (Å²) >= 11 is 0. The Kier molecular flexibility index (Phi) is 4.19. The van der Waals surface area contributed by atoms with E-state index < -0.39 is 5.60 Å². The molecule has 0 radical (unpaired) electrons. The highest BCUT2D eigenvalue weighted by Gasteiger charge is 2.34. The quantitative estimate of drug-likeness (QED) is 0.885. The SMILES string of the molecule is CCCOc1cncc(C2(O)CCCN(C)C2)c1. The summed E-state index contributed by atoms with van der Waals surface area (Å²) in [6.07, 6.45) is 6.22. The van der Waals surface area contributed by atoms with Gasteiger partial charge in [0.25, 0.3) is 0 Å². The fraction of sp³-hybridized carbons (Fsp3) is 0.643. The highest BCUT2D eigenvalue weighted by Crippen LogP contribution is 2.32. The number of hydrogen-bond donors (Lipinski definition) is 1. The van der Waals surface area contributed by atoms with E-state index in [2.05, 4.69) is 16.8 Å². The second-order valence-corrected chi connectivity index (χ2v) is 5.13. The predicted octanol–water partition coefficient (Wildman–Crippen LogP) is 1.78. The maximum Gasteiger partial charge on any atom is 0.137 e. The van der Waals surface area contributed by atoms with E-state index in [9.17, 15) is 5.11 Å². The molecule has 1 saturated heterocycles. The summed E-state index contributed by atoms with van der Waals surface area (Å²) in [7, 11) is 2.04. The average molecular weight is 250 g/mol. The third kappa shape index (κ3) is 3.00. The zero-order chi connectivity index (χ0) is 13.0. The van der Waals surface area contributed by atoms with Crippen LogP contribution in [0.3, 0.4) is 0 Å². The molecule has 1 aromatic heterocycles. The highest BCUT2D eigenvalue weighted by atomic mass is 16.5. The van der Waals surface area contributed by atoms with Crippen molar-refractivity contribution in [2.24, 2.45) is 0 Å². The van der Waals surface area contributed by atoms with Crippen LogP contribution in [-0.4, -0.2) is 41.7 Å². The van der Waals surface area contributed by atoms with Crippen LogP contribution in [0.5, 0.6) is 5.75 Å². The Hall–Kier alpha value is -1.13. The molecule has 0 aliphatic carbocycles.